The van der Waals surface area contributed by atoms with E-state index in [0.29, 0.717) is 11.1 Å². The van der Waals surface area contributed by atoms with E-state index in [1.807, 2.05) is 13.8 Å². The van der Waals surface area contributed by atoms with Crippen molar-refractivity contribution in [2.45, 2.75) is 40.5 Å². The summed E-state index contributed by atoms with van der Waals surface area (Å²) in [6, 6.07) is 16.8. The van der Waals surface area contributed by atoms with Crippen molar-refractivity contribution in [3.8, 4) is 0 Å². The number of aliphatic carboxylic acids is 2. The monoisotopic (exact) mass is 520 g/mol. The topological polar surface area (TPSA) is 133 Å². The van der Waals surface area contributed by atoms with E-state index < -0.39 is 43.7 Å². The molecule has 8 nitrogen and oxygen atoms in total. The van der Waals surface area contributed by atoms with Crippen LogP contribution in [0.15, 0.2) is 60.7 Å². The van der Waals surface area contributed by atoms with E-state index >= 15 is 0 Å². The fourth-order valence-corrected chi connectivity index (χ4v) is 3.18. The van der Waals surface area contributed by atoms with E-state index in [2.05, 4.69) is 0 Å². The third-order valence-corrected chi connectivity index (χ3v) is 5.81. The average molecular weight is 520 g/mol. The molecule has 2 atom stereocenters. The molecule has 0 spiro atoms. The molecule has 2 rings (SSSR count). The van der Waals surface area contributed by atoms with Crippen molar-refractivity contribution < 1.29 is 56.0 Å². The van der Waals surface area contributed by atoms with Gasteiger partial charge in [0.05, 0.1) is 23.8 Å². The molecule has 0 aliphatic carbocycles. The molecule has 0 saturated carbocycles. The molecule has 2 aromatic carbocycles. The van der Waals surface area contributed by atoms with Crippen LogP contribution >= 0.6 is 0 Å². The molecule has 0 aliphatic heterocycles. The Balaban J connectivity index is 0.000000526. The fraction of sp³-hybridized carbons (Fsp3) is 0.385. The van der Waals surface area contributed by atoms with Crippen LogP contribution in [-0.4, -0.2) is 36.7 Å². The number of ketones is 2. The van der Waals surface area contributed by atoms with Crippen molar-refractivity contribution in [2.75, 3.05) is 13.2 Å². The summed E-state index contributed by atoms with van der Waals surface area (Å²) < 4.78 is 9.95. The maximum absolute atomic E-state index is 11.6. The van der Waals surface area contributed by atoms with Crippen molar-refractivity contribution in [1.29, 1.82) is 0 Å². The Morgan fingerprint density at radius 1 is 0.657 bits per heavy atom. The normalized spacial score (nSPS) is 11.3. The third kappa shape index (κ3) is 13.1. The zero-order chi connectivity index (χ0) is 26.6. The van der Waals surface area contributed by atoms with Crippen LogP contribution in [0.5, 0.6) is 0 Å². The third-order valence-electron chi connectivity index (χ3n) is 4.54. The van der Waals surface area contributed by atoms with Crippen molar-refractivity contribution >= 4 is 23.5 Å². The van der Waals surface area contributed by atoms with Gasteiger partial charge in [-0.05, 0) is 12.8 Å². The van der Waals surface area contributed by atoms with Gasteiger partial charge < -0.3 is 19.8 Å². The fourth-order valence-electron chi connectivity index (χ4n) is 2.68. The number of carbonyl (C=O) groups excluding carboxylic acids is 4. The number of Topliss-reactive ketones (excluding diaryl/α,β-unsaturated/α-hetero) is 2. The molecule has 35 heavy (non-hydrogen) atoms. The van der Waals surface area contributed by atoms with Gasteiger partial charge in [-0.2, -0.15) is 0 Å². The zero-order valence-corrected chi connectivity index (χ0v) is 22.1. The number of carboxylic acid groups (broad SMARTS) is 2. The van der Waals surface area contributed by atoms with Crippen LogP contribution in [0.4, 0.5) is 0 Å². The minimum absolute atomic E-state index is 0.260. The number of benzene rings is 2. The average Bonchev–Trinajstić information content (AvgIpc) is 2.86. The molecule has 0 fully saturated rings. The van der Waals surface area contributed by atoms with Crippen LogP contribution in [0.25, 0.3) is 0 Å². The molecule has 0 bridgehead atoms. The van der Waals surface area contributed by atoms with Gasteiger partial charge in [0.2, 0.25) is 0 Å². The van der Waals surface area contributed by atoms with Crippen molar-refractivity contribution in [2.24, 2.45) is 11.8 Å². The van der Waals surface area contributed by atoms with Gasteiger partial charge in [-0.15, -0.1) is 0 Å². The Bertz CT molecular complexity index is 813. The summed E-state index contributed by atoms with van der Waals surface area (Å²) in [6.07, 6.45) is 0.520. The van der Waals surface area contributed by atoms with Crippen molar-refractivity contribution in [3.05, 3.63) is 71.8 Å². The van der Waals surface area contributed by atoms with E-state index in [0.717, 1.165) is 13.2 Å². The van der Waals surface area contributed by atoms with E-state index in [4.69, 9.17) is 6.64 Å². The quantitative estimate of drug-likeness (QED) is 0.180. The molecule has 2 unspecified atom stereocenters. The molecule has 0 heterocycles. The van der Waals surface area contributed by atoms with Crippen molar-refractivity contribution in [1.82, 2.24) is 0 Å². The number of rotatable bonds is 12. The standard InChI is InChI=1S/2C11H12O3.2C2H5O.Ti/c2*1-2-9(11(13)14)10(12)8-6-4-3-5-7-8;2*1-2-3;/h2*3-7,9H,2H2,1H3,(H,13,14);2*2H2,1H3;/q;;2*-1;+4/p-2. The Labute approximate surface area is 216 Å². The van der Waals surface area contributed by atoms with E-state index in [-0.39, 0.29) is 24.4 Å². The first-order chi connectivity index (χ1) is 16.7. The van der Waals surface area contributed by atoms with Crippen molar-refractivity contribution in [3.63, 3.8) is 0 Å². The number of carbonyl (C=O) groups is 4. The number of hydrogen-bond donors (Lipinski definition) is 0. The van der Waals surface area contributed by atoms with Crippen LogP contribution in [-0.2, 0) is 36.2 Å². The molecule has 0 aliphatic rings. The van der Waals surface area contributed by atoms with Gasteiger partial charge in [0.15, 0.2) is 11.6 Å². The summed E-state index contributed by atoms with van der Waals surface area (Å²) in [6.45, 7) is 8.84. The van der Waals surface area contributed by atoms with Gasteiger partial charge >= 0.3 is 53.6 Å². The van der Waals surface area contributed by atoms with Gasteiger partial charge in [0.1, 0.15) is 0 Å². The maximum atomic E-state index is 11.6. The molecule has 9 heteroatoms. The summed E-state index contributed by atoms with van der Waals surface area (Å²) in [5, 5.41) is 21.2. The predicted molar refractivity (Wildman–Crippen MR) is 122 cm³/mol. The van der Waals surface area contributed by atoms with E-state index in [1.165, 1.54) is 0 Å². The van der Waals surface area contributed by atoms with E-state index in [9.17, 15) is 29.4 Å². The van der Waals surface area contributed by atoms with Crippen LogP contribution in [0, 0.1) is 11.8 Å². The van der Waals surface area contributed by atoms with Crippen LogP contribution in [0.1, 0.15) is 61.3 Å². The van der Waals surface area contributed by atoms with Crippen LogP contribution in [0.3, 0.4) is 0 Å². The van der Waals surface area contributed by atoms with E-state index in [1.54, 1.807) is 74.5 Å². The first kappa shape index (κ1) is 32.4. The second-order valence-electron chi connectivity index (χ2n) is 6.97. The molecule has 2 aromatic rings. The van der Waals surface area contributed by atoms with Gasteiger partial charge in [0, 0.05) is 11.1 Å². The molecule has 0 saturated heterocycles. The second-order valence-corrected chi connectivity index (χ2v) is 8.13. The molecular formula is C26H32O8Ti. The summed E-state index contributed by atoms with van der Waals surface area (Å²) in [4.78, 5) is 44.4. The summed E-state index contributed by atoms with van der Waals surface area (Å²) >= 11 is -0.486. The van der Waals surface area contributed by atoms with Crippen LogP contribution in [0.2, 0.25) is 0 Å². The first-order valence-electron chi connectivity index (χ1n) is 11.3. The summed E-state index contributed by atoms with van der Waals surface area (Å²) in [5.41, 5.74) is 0.840. The zero-order valence-electron chi connectivity index (χ0n) is 20.5. The first-order valence-corrected chi connectivity index (χ1v) is 12.6. The predicted octanol–water partition coefficient (Wildman–Crippen LogP) is 2.26. The minimum atomic E-state index is -1.30. The second kappa shape index (κ2) is 19.6. The SMILES string of the molecule is CCC(C(=O)[O-])C(=O)c1ccccc1.CCC(C(=O)[O-])C(=O)c1ccccc1.CC[O][Ti+2][O]CC. The molecule has 0 N–H and O–H groups in total. The molecule has 0 radical (unpaired) electrons. The number of carboxylic acids is 2. The molecular weight excluding hydrogens is 488 g/mol. The van der Waals surface area contributed by atoms with Crippen LogP contribution < -0.4 is 10.2 Å². The summed E-state index contributed by atoms with van der Waals surface area (Å²) in [7, 11) is 0. The molecule has 188 valence electrons. The molecule has 0 amide bonds. The molecule has 0 aromatic heterocycles. The Morgan fingerprint density at radius 3 is 1.20 bits per heavy atom. The van der Waals surface area contributed by atoms with Gasteiger partial charge in [0.25, 0.3) is 0 Å². The van der Waals surface area contributed by atoms with Gasteiger partial charge in [-0.1, -0.05) is 74.5 Å². The van der Waals surface area contributed by atoms with Gasteiger partial charge in [-0.25, -0.2) is 0 Å². The van der Waals surface area contributed by atoms with Gasteiger partial charge in [-0.3, -0.25) is 9.59 Å². The number of hydrogen-bond acceptors (Lipinski definition) is 8. The Morgan fingerprint density at radius 2 is 0.971 bits per heavy atom. The Kier molecular flexibility index (Phi) is 18.2. The summed E-state index contributed by atoms with van der Waals surface area (Å²) in [5.74, 6) is -5.43. The Hall–Kier alpha value is -2.65.